The molecule has 0 amide bonds. The third-order valence-electron chi connectivity index (χ3n) is 4.92. The number of hydrogen-bond donors (Lipinski definition) is 2. The molecule has 0 aliphatic carbocycles. The molecule has 7 nitrogen and oxygen atoms in total. The second-order valence-corrected chi connectivity index (χ2v) is 7.18. The van der Waals surface area contributed by atoms with E-state index in [0.29, 0.717) is 0 Å². The van der Waals surface area contributed by atoms with Crippen molar-refractivity contribution in [2.24, 2.45) is 5.10 Å². The van der Waals surface area contributed by atoms with Crippen molar-refractivity contribution in [3.8, 4) is 5.75 Å². The van der Waals surface area contributed by atoms with Crippen LogP contribution in [0.3, 0.4) is 0 Å². The van der Waals surface area contributed by atoms with E-state index in [1.165, 1.54) is 5.56 Å². The lowest BCUT2D eigenvalue weighted by Gasteiger charge is -2.13. The van der Waals surface area contributed by atoms with Crippen LogP contribution in [0.2, 0.25) is 0 Å². The first-order valence-electron chi connectivity index (χ1n) is 9.82. The minimum atomic E-state index is 0.181. The highest BCUT2D eigenvalue weighted by Crippen LogP contribution is 2.26. The van der Waals surface area contributed by atoms with Gasteiger partial charge < -0.3 is 15.4 Å². The highest BCUT2D eigenvalue weighted by molar-refractivity contribution is 5.81. The fraction of sp³-hybridized carbons (Fsp3) is 0.318. The van der Waals surface area contributed by atoms with Crippen LogP contribution in [0, 0.1) is 0 Å². The molecule has 0 spiro atoms. The molecule has 2 heterocycles. The van der Waals surface area contributed by atoms with Crippen LogP contribution in [0.4, 0.5) is 11.4 Å². The van der Waals surface area contributed by atoms with E-state index in [4.69, 9.17) is 9.72 Å². The molecule has 7 heteroatoms. The van der Waals surface area contributed by atoms with Crippen molar-refractivity contribution < 1.29 is 4.74 Å². The summed E-state index contributed by atoms with van der Waals surface area (Å²) >= 11 is 0. The molecule has 0 radical (unpaired) electrons. The summed E-state index contributed by atoms with van der Waals surface area (Å²) in [5, 5.41) is 13.0. The van der Waals surface area contributed by atoms with Gasteiger partial charge in [0.25, 0.3) is 0 Å². The predicted octanol–water partition coefficient (Wildman–Crippen LogP) is 3.51. The monoisotopic (exact) mass is 390 g/mol. The van der Waals surface area contributed by atoms with Crippen LogP contribution in [0.15, 0.2) is 47.7 Å². The van der Waals surface area contributed by atoms with Crippen LogP contribution >= 0.6 is 0 Å². The highest BCUT2D eigenvalue weighted by atomic mass is 16.5. The van der Waals surface area contributed by atoms with E-state index in [2.05, 4.69) is 33.7 Å². The molecule has 0 fully saturated rings. The number of hydrogen-bond acceptors (Lipinski definition) is 7. The van der Waals surface area contributed by atoms with Crippen molar-refractivity contribution in [3.05, 3.63) is 53.9 Å². The first-order chi connectivity index (χ1) is 14.1. The van der Waals surface area contributed by atoms with E-state index < -0.39 is 0 Å². The van der Waals surface area contributed by atoms with Crippen LogP contribution in [0.5, 0.6) is 5.75 Å². The molecule has 1 atom stereocenters. The number of nitrogens with zero attached hydrogens (tertiary/aromatic N) is 4. The molecule has 1 aliphatic rings. The maximum absolute atomic E-state index is 5.46. The third-order valence-corrected chi connectivity index (χ3v) is 4.92. The number of methoxy groups -OCH3 is 1. The van der Waals surface area contributed by atoms with Crippen molar-refractivity contribution in [1.29, 1.82) is 0 Å². The number of anilines is 2. The van der Waals surface area contributed by atoms with Crippen LogP contribution < -0.4 is 15.4 Å². The van der Waals surface area contributed by atoms with Crippen LogP contribution in [0.1, 0.15) is 24.1 Å². The first-order valence-corrected chi connectivity index (χ1v) is 9.82. The largest absolute Gasteiger partial charge is 0.497 e. The Morgan fingerprint density at radius 3 is 2.79 bits per heavy atom. The number of fused-ring (bicyclic) bond motifs is 1. The molecule has 1 aromatic heterocycles. The SMILES string of the molecule is CCNCc1cc(Nc2ccc3ncc(C4C=NN(C)C4)nc3c2)cc(OC)c1. The lowest BCUT2D eigenvalue weighted by Crippen LogP contribution is -2.13. The molecule has 1 aliphatic heterocycles. The van der Waals surface area contributed by atoms with Gasteiger partial charge in [-0.2, -0.15) is 5.10 Å². The summed E-state index contributed by atoms with van der Waals surface area (Å²) in [4.78, 5) is 9.41. The summed E-state index contributed by atoms with van der Waals surface area (Å²) in [6, 6.07) is 12.2. The molecule has 3 aromatic rings. The van der Waals surface area contributed by atoms with Gasteiger partial charge in [0.2, 0.25) is 0 Å². The Hall–Kier alpha value is -3.19. The number of hydrazone groups is 1. The van der Waals surface area contributed by atoms with Crippen LogP contribution in [-0.2, 0) is 6.54 Å². The maximum Gasteiger partial charge on any atom is 0.121 e. The van der Waals surface area contributed by atoms with E-state index >= 15 is 0 Å². The zero-order chi connectivity index (χ0) is 20.2. The van der Waals surface area contributed by atoms with E-state index in [1.807, 2.05) is 54.8 Å². The molecule has 0 bridgehead atoms. The Kier molecular flexibility index (Phi) is 5.57. The van der Waals surface area contributed by atoms with Gasteiger partial charge in [0.05, 0.1) is 29.8 Å². The number of nitrogens with one attached hydrogen (secondary N) is 2. The molecule has 2 N–H and O–H groups in total. The second kappa shape index (κ2) is 8.45. The van der Waals surface area contributed by atoms with Gasteiger partial charge in [-0.05, 0) is 42.4 Å². The van der Waals surface area contributed by atoms with Crippen molar-refractivity contribution in [2.75, 3.05) is 32.6 Å². The Morgan fingerprint density at radius 1 is 1.14 bits per heavy atom. The molecular formula is C22H26N6O. The molecule has 2 aromatic carbocycles. The number of aromatic nitrogens is 2. The zero-order valence-electron chi connectivity index (χ0n) is 17.0. The van der Waals surface area contributed by atoms with Crippen molar-refractivity contribution in [3.63, 3.8) is 0 Å². The van der Waals surface area contributed by atoms with E-state index in [0.717, 1.165) is 53.5 Å². The summed E-state index contributed by atoms with van der Waals surface area (Å²) in [5.74, 6) is 1.01. The standard InChI is InChI=1S/C22H26N6O/c1-4-23-11-15-7-18(9-19(8-15)29-3)26-17-5-6-20-21(10-17)27-22(13-24-20)16-12-25-28(2)14-16/h5-10,12-13,16,23,26H,4,11,14H2,1-3H3. The summed E-state index contributed by atoms with van der Waals surface area (Å²) < 4.78 is 5.46. The summed E-state index contributed by atoms with van der Waals surface area (Å²) in [6.45, 7) is 4.65. The topological polar surface area (TPSA) is 74.7 Å². The van der Waals surface area contributed by atoms with Gasteiger partial charge in [-0.1, -0.05) is 6.92 Å². The van der Waals surface area contributed by atoms with Gasteiger partial charge in [0.1, 0.15) is 5.75 Å². The fourth-order valence-electron chi connectivity index (χ4n) is 3.41. The zero-order valence-corrected chi connectivity index (χ0v) is 17.0. The highest BCUT2D eigenvalue weighted by Gasteiger charge is 2.18. The average Bonchev–Trinajstić information content (AvgIpc) is 3.18. The summed E-state index contributed by atoms with van der Waals surface area (Å²) in [7, 11) is 3.65. The maximum atomic E-state index is 5.46. The minimum Gasteiger partial charge on any atom is -0.497 e. The number of benzene rings is 2. The normalized spacial score (nSPS) is 15.8. The Balaban J connectivity index is 1.60. The van der Waals surface area contributed by atoms with Crippen molar-refractivity contribution in [2.45, 2.75) is 19.4 Å². The molecule has 150 valence electrons. The minimum absolute atomic E-state index is 0.181. The Morgan fingerprint density at radius 2 is 2.03 bits per heavy atom. The van der Waals surface area contributed by atoms with Gasteiger partial charge in [-0.25, -0.2) is 4.98 Å². The second-order valence-electron chi connectivity index (χ2n) is 7.18. The lowest BCUT2D eigenvalue weighted by atomic mass is 10.1. The van der Waals surface area contributed by atoms with E-state index in [1.54, 1.807) is 7.11 Å². The van der Waals surface area contributed by atoms with Crippen LogP contribution in [-0.4, -0.2) is 48.4 Å². The van der Waals surface area contributed by atoms with Gasteiger partial charge in [-0.15, -0.1) is 0 Å². The molecule has 0 saturated heterocycles. The number of rotatable bonds is 7. The van der Waals surface area contributed by atoms with Crippen molar-refractivity contribution in [1.82, 2.24) is 20.3 Å². The molecule has 4 rings (SSSR count). The molecule has 1 unspecified atom stereocenters. The van der Waals surface area contributed by atoms with E-state index in [-0.39, 0.29) is 5.92 Å². The summed E-state index contributed by atoms with van der Waals surface area (Å²) in [6.07, 6.45) is 3.78. The smallest absolute Gasteiger partial charge is 0.121 e. The van der Waals surface area contributed by atoms with E-state index in [9.17, 15) is 0 Å². The van der Waals surface area contributed by atoms with Crippen LogP contribution in [0.25, 0.3) is 11.0 Å². The van der Waals surface area contributed by atoms with Gasteiger partial charge >= 0.3 is 0 Å². The number of ether oxygens (including phenoxy) is 1. The average molecular weight is 390 g/mol. The predicted molar refractivity (Wildman–Crippen MR) is 117 cm³/mol. The van der Waals surface area contributed by atoms with Crippen molar-refractivity contribution >= 4 is 28.6 Å². The van der Waals surface area contributed by atoms with Gasteiger partial charge in [-0.3, -0.25) is 9.99 Å². The summed E-state index contributed by atoms with van der Waals surface area (Å²) in [5.41, 5.74) is 5.79. The number of likely N-dealkylation sites (N-methyl/N-ethyl adjacent to an activating group) is 1. The molecule has 29 heavy (non-hydrogen) atoms. The Bertz CT molecular complexity index is 1030. The quantitative estimate of drug-likeness (QED) is 0.643. The fourth-order valence-corrected chi connectivity index (χ4v) is 3.41. The first kappa shape index (κ1) is 19.1. The Labute approximate surface area is 170 Å². The third kappa shape index (κ3) is 4.46. The lowest BCUT2D eigenvalue weighted by molar-refractivity contribution is 0.380. The van der Waals surface area contributed by atoms with Gasteiger partial charge in [0.15, 0.2) is 0 Å². The van der Waals surface area contributed by atoms with Gasteiger partial charge in [0, 0.05) is 50.0 Å². The molecule has 0 saturated carbocycles. The molecular weight excluding hydrogens is 364 g/mol.